The Kier molecular flexibility index (Phi) is 5.67. The minimum atomic E-state index is -2.40. The molecule has 0 saturated carbocycles. The van der Waals surface area contributed by atoms with Crippen LogP contribution in [0.3, 0.4) is 0 Å². The van der Waals surface area contributed by atoms with Gasteiger partial charge in [-0.2, -0.15) is 13.3 Å². The highest BCUT2D eigenvalue weighted by Crippen LogP contribution is 2.30. The molecule has 1 aromatic heterocycles. The van der Waals surface area contributed by atoms with Gasteiger partial charge in [0.15, 0.2) is 5.69 Å². The van der Waals surface area contributed by atoms with Crippen molar-refractivity contribution in [2.24, 2.45) is 0 Å². The molecule has 3 aromatic rings. The number of ether oxygens (including phenoxy) is 1. The van der Waals surface area contributed by atoms with Crippen LogP contribution in [-0.4, -0.2) is 17.4 Å². The Balaban J connectivity index is 1.79. The molecule has 0 atom stereocenters. The van der Waals surface area contributed by atoms with E-state index in [2.05, 4.69) is 27.5 Å². The zero-order chi connectivity index (χ0) is 19.5. The highest BCUT2D eigenvalue weighted by Gasteiger charge is 2.27. The molecule has 0 radical (unpaired) electrons. The van der Waals surface area contributed by atoms with Crippen molar-refractivity contribution in [3.63, 3.8) is 0 Å². The second-order valence-corrected chi connectivity index (χ2v) is 7.93. The summed E-state index contributed by atoms with van der Waals surface area (Å²) in [6.07, 6.45) is 6.79. The highest BCUT2D eigenvalue weighted by atomic mass is 32.2. The number of rotatable bonds is 5. The Hall–Kier alpha value is -2.34. The fourth-order valence-electron chi connectivity index (χ4n) is 3.77. The predicted octanol–water partition coefficient (Wildman–Crippen LogP) is 5.48. The van der Waals surface area contributed by atoms with Crippen molar-refractivity contribution < 1.29 is 18.1 Å². The first-order valence-corrected chi connectivity index (χ1v) is 10.4. The van der Waals surface area contributed by atoms with Crippen molar-refractivity contribution in [1.82, 2.24) is 4.57 Å². The summed E-state index contributed by atoms with van der Waals surface area (Å²) in [5.41, 5.74) is 3.18. The van der Waals surface area contributed by atoms with Crippen LogP contribution in [0.1, 0.15) is 25.1 Å². The van der Waals surface area contributed by atoms with Gasteiger partial charge in [0.25, 0.3) is 11.6 Å². The van der Waals surface area contributed by atoms with E-state index in [9.17, 15) is 8.78 Å². The molecule has 1 aliphatic rings. The maximum absolute atomic E-state index is 12.6. The lowest BCUT2D eigenvalue weighted by Gasteiger charge is -2.07. The standard InChI is InChI=1S/C22H23F2N2OS/c1-27-18-10-8-17(9-11-18)26-20(15-25-14-4-2-3-5-21(25)26)16-6-12-19(13-7-16)28-22(23)24/h6-13,15,22H,2-5,14H2,1H3/q+1. The average Bonchev–Trinajstić information content (AvgIpc) is 2.90. The first-order valence-electron chi connectivity index (χ1n) is 9.49. The number of benzene rings is 2. The van der Waals surface area contributed by atoms with Crippen LogP contribution >= 0.6 is 11.8 Å². The highest BCUT2D eigenvalue weighted by molar-refractivity contribution is 7.99. The van der Waals surface area contributed by atoms with Gasteiger partial charge in [-0.05, 0) is 67.8 Å². The molecule has 0 aliphatic carbocycles. The second kappa shape index (κ2) is 8.35. The zero-order valence-electron chi connectivity index (χ0n) is 15.8. The van der Waals surface area contributed by atoms with E-state index in [1.54, 1.807) is 19.2 Å². The van der Waals surface area contributed by atoms with Crippen molar-refractivity contribution in [3.8, 4) is 22.7 Å². The van der Waals surface area contributed by atoms with Crippen LogP contribution in [0.2, 0.25) is 0 Å². The summed E-state index contributed by atoms with van der Waals surface area (Å²) in [7, 11) is 1.66. The molecule has 0 amide bonds. The van der Waals surface area contributed by atoms with Crippen LogP contribution in [0.15, 0.2) is 59.6 Å². The third kappa shape index (κ3) is 3.92. The zero-order valence-corrected chi connectivity index (χ0v) is 16.6. The number of aryl methyl sites for hydroxylation is 1. The SMILES string of the molecule is COc1ccc(-n2c(-c3ccc(SC(F)F)cc3)c[n+]3c2CCCCC3)cc1. The van der Waals surface area contributed by atoms with Gasteiger partial charge in [-0.25, -0.2) is 4.57 Å². The third-order valence-electron chi connectivity index (χ3n) is 5.11. The topological polar surface area (TPSA) is 18.0 Å². The molecule has 28 heavy (non-hydrogen) atoms. The first kappa shape index (κ1) is 19.0. The Morgan fingerprint density at radius 2 is 1.75 bits per heavy atom. The van der Waals surface area contributed by atoms with Crippen molar-refractivity contribution in [3.05, 3.63) is 60.6 Å². The van der Waals surface area contributed by atoms with Crippen LogP contribution in [0.5, 0.6) is 5.75 Å². The van der Waals surface area contributed by atoms with Crippen LogP contribution in [0, 0.1) is 0 Å². The normalized spacial score (nSPS) is 14.0. The van der Waals surface area contributed by atoms with E-state index >= 15 is 0 Å². The number of thioether (sulfide) groups is 1. The van der Waals surface area contributed by atoms with Crippen molar-refractivity contribution in [2.75, 3.05) is 7.11 Å². The number of nitrogens with zero attached hydrogens (tertiary/aromatic N) is 2. The van der Waals surface area contributed by atoms with E-state index < -0.39 is 5.76 Å². The maximum Gasteiger partial charge on any atom is 0.288 e. The Labute approximate surface area is 168 Å². The Bertz CT molecular complexity index is 936. The van der Waals surface area contributed by atoms with E-state index in [-0.39, 0.29) is 0 Å². The fourth-order valence-corrected chi connectivity index (χ4v) is 4.27. The molecule has 0 fully saturated rings. The maximum atomic E-state index is 12.6. The summed E-state index contributed by atoms with van der Waals surface area (Å²) in [4.78, 5) is 0.579. The van der Waals surface area contributed by atoms with E-state index in [4.69, 9.17) is 4.74 Å². The minimum absolute atomic E-state index is 0.578. The number of halogens is 2. The molecule has 0 spiro atoms. The van der Waals surface area contributed by atoms with E-state index in [0.717, 1.165) is 35.7 Å². The number of hydrogen-bond donors (Lipinski definition) is 0. The number of fused-ring (bicyclic) bond motifs is 1. The molecule has 0 saturated heterocycles. The Morgan fingerprint density at radius 1 is 1.00 bits per heavy atom. The summed E-state index contributed by atoms with van der Waals surface area (Å²) in [6.45, 7) is 1.00. The molecule has 3 nitrogen and oxygen atoms in total. The largest absolute Gasteiger partial charge is 0.497 e. The summed E-state index contributed by atoms with van der Waals surface area (Å²) < 4.78 is 35.2. The molecular weight excluding hydrogens is 378 g/mol. The lowest BCUT2D eigenvalue weighted by atomic mass is 10.1. The van der Waals surface area contributed by atoms with Crippen molar-refractivity contribution in [2.45, 2.75) is 42.9 Å². The summed E-state index contributed by atoms with van der Waals surface area (Å²) in [5, 5.41) is 0. The molecule has 1 aliphatic heterocycles. The van der Waals surface area contributed by atoms with Gasteiger partial charge in [0.05, 0.1) is 13.7 Å². The molecule has 0 bridgehead atoms. The number of imidazole rings is 1. The molecule has 4 rings (SSSR count). The number of methoxy groups -OCH3 is 1. The molecule has 2 heterocycles. The van der Waals surface area contributed by atoms with E-state index in [0.29, 0.717) is 16.7 Å². The number of aromatic nitrogens is 2. The summed E-state index contributed by atoms with van der Waals surface area (Å²) >= 11 is 0.578. The lowest BCUT2D eigenvalue weighted by Crippen LogP contribution is -2.35. The number of alkyl halides is 2. The average molecular weight is 402 g/mol. The smallest absolute Gasteiger partial charge is 0.288 e. The van der Waals surface area contributed by atoms with Gasteiger partial charge in [0.2, 0.25) is 0 Å². The monoisotopic (exact) mass is 401 g/mol. The van der Waals surface area contributed by atoms with Gasteiger partial charge < -0.3 is 4.74 Å². The van der Waals surface area contributed by atoms with Gasteiger partial charge in [-0.3, -0.25) is 0 Å². The molecule has 6 heteroatoms. The molecular formula is C22H23F2N2OS+. The van der Waals surface area contributed by atoms with Gasteiger partial charge in [0, 0.05) is 16.9 Å². The third-order valence-corrected chi connectivity index (χ3v) is 5.84. The lowest BCUT2D eigenvalue weighted by molar-refractivity contribution is -0.702. The molecule has 0 N–H and O–H groups in total. The summed E-state index contributed by atoms with van der Waals surface area (Å²) in [5.74, 6) is -0.297. The summed E-state index contributed by atoms with van der Waals surface area (Å²) in [6, 6.07) is 15.5. The molecule has 146 valence electrons. The molecule has 2 aromatic carbocycles. The van der Waals surface area contributed by atoms with Crippen LogP contribution in [0.25, 0.3) is 16.9 Å². The van der Waals surface area contributed by atoms with Crippen LogP contribution in [-0.2, 0) is 13.0 Å². The molecule has 0 unspecified atom stereocenters. The minimum Gasteiger partial charge on any atom is -0.497 e. The fraction of sp³-hybridized carbons (Fsp3) is 0.318. The van der Waals surface area contributed by atoms with Gasteiger partial charge in [-0.1, -0.05) is 11.8 Å². The Morgan fingerprint density at radius 3 is 2.43 bits per heavy atom. The number of hydrogen-bond acceptors (Lipinski definition) is 2. The van der Waals surface area contributed by atoms with Crippen LogP contribution in [0.4, 0.5) is 8.78 Å². The van der Waals surface area contributed by atoms with Crippen molar-refractivity contribution in [1.29, 1.82) is 0 Å². The van der Waals surface area contributed by atoms with Gasteiger partial charge in [0.1, 0.15) is 17.6 Å². The van der Waals surface area contributed by atoms with Gasteiger partial charge >= 0.3 is 0 Å². The predicted molar refractivity (Wildman–Crippen MR) is 107 cm³/mol. The van der Waals surface area contributed by atoms with Gasteiger partial charge in [-0.15, -0.1) is 0 Å². The van der Waals surface area contributed by atoms with Crippen molar-refractivity contribution >= 4 is 11.8 Å². The second-order valence-electron chi connectivity index (χ2n) is 6.87. The quantitative estimate of drug-likeness (QED) is 0.416. The first-order chi connectivity index (χ1) is 13.7. The van der Waals surface area contributed by atoms with Crippen LogP contribution < -0.4 is 9.30 Å². The van der Waals surface area contributed by atoms with E-state index in [1.807, 2.05) is 24.3 Å². The van der Waals surface area contributed by atoms with E-state index in [1.165, 1.54) is 25.1 Å².